The highest BCUT2D eigenvalue weighted by molar-refractivity contribution is 5.95. The highest BCUT2D eigenvalue weighted by Crippen LogP contribution is 2.47. The van der Waals surface area contributed by atoms with Crippen LogP contribution in [0.2, 0.25) is 0 Å². The Kier molecular flexibility index (Phi) is 4.16. The minimum absolute atomic E-state index is 0.0784. The van der Waals surface area contributed by atoms with Crippen molar-refractivity contribution in [3.05, 3.63) is 65.0 Å². The van der Waals surface area contributed by atoms with Crippen molar-refractivity contribution in [3.63, 3.8) is 0 Å². The SMILES string of the molecule is Cc1ccc(C(=O)N2C[C@@H](c3cccc(O)c3)[C@@H]3[C@H]2C2CCN3CC2)cc1F. The molecule has 2 bridgehead atoms. The number of halogens is 1. The van der Waals surface area contributed by atoms with Crippen molar-refractivity contribution in [3.8, 4) is 5.75 Å². The van der Waals surface area contributed by atoms with Gasteiger partial charge in [0.2, 0.25) is 0 Å². The molecule has 146 valence electrons. The Labute approximate surface area is 164 Å². The summed E-state index contributed by atoms with van der Waals surface area (Å²) >= 11 is 0. The van der Waals surface area contributed by atoms with Crippen LogP contribution < -0.4 is 0 Å². The van der Waals surface area contributed by atoms with Crippen molar-refractivity contribution in [2.24, 2.45) is 5.92 Å². The van der Waals surface area contributed by atoms with E-state index in [0.717, 1.165) is 31.5 Å². The predicted octanol–water partition coefficient (Wildman–Crippen LogP) is 3.54. The molecule has 5 heteroatoms. The van der Waals surface area contributed by atoms with Crippen LogP contribution in [0.15, 0.2) is 42.5 Å². The van der Waals surface area contributed by atoms with Crippen molar-refractivity contribution in [1.29, 1.82) is 0 Å². The van der Waals surface area contributed by atoms with Gasteiger partial charge in [0.05, 0.1) is 6.04 Å². The van der Waals surface area contributed by atoms with Gasteiger partial charge in [0.1, 0.15) is 11.6 Å². The van der Waals surface area contributed by atoms with Gasteiger partial charge < -0.3 is 10.0 Å². The van der Waals surface area contributed by atoms with E-state index in [9.17, 15) is 14.3 Å². The van der Waals surface area contributed by atoms with E-state index in [1.165, 1.54) is 6.07 Å². The second kappa shape index (κ2) is 6.59. The van der Waals surface area contributed by atoms with Gasteiger partial charge in [-0.05, 0) is 74.2 Å². The highest BCUT2D eigenvalue weighted by Gasteiger charge is 2.54. The Morgan fingerprint density at radius 2 is 1.89 bits per heavy atom. The van der Waals surface area contributed by atoms with Gasteiger partial charge in [0, 0.05) is 24.1 Å². The van der Waals surface area contributed by atoms with E-state index in [4.69, 9.17) is 0 Å². The summed E-state index contributed by atoms with van der Waals surface area (Å²) in [5.41, 5.74) is 2.05. The number of piperidine rings is 3. The summed E-state index contributed by atoms with van der Waals surface area (Å²) in [5, 5.41) is 9.98. The van der Waals surface area contributed by atoms with Crippen LogP contribution in [0.4, 0.5) is 4.39 Å². The molecule has 0 saturated carbocycles. The summed E-state index contributed by atoms with van der Waals surface area (Å²) in [4.78, 5) is 17.9. The first-order chi connectivity index (χ1) is 13.5. The average molecular weight is 380 g/mol. The first-order valence-corrected chi connectivity index (χ1v) is 10.1. The number of benzene rings is 2. The molecule has 4 aliphatic heterocycles. The lowest BCUT2D eigenvalue weighted by molar-refractivity contribution is -0.00342. The number of fused-ring (bicyclic) bond motifs is 2. The fourth-order valence-corrected chi connectivity index (χ4v) is 5.59. The van der Waals surface area contributed by atoms with Gasteiger partial charge in [-0.1, -0.05) is 18.2 Å². The number of carbonyl (C=O) groups is 1. The van der Waals surface area contributed by atoms with Gasteiger partial charge in [-0.15, -0.1) is 0 Å². The number of carbonyl (C=O) groups excluding carboxylic acids is 1. The first kappa shape index (κ1) is 17.7. The molecule has 2 aromatic rings. The largest absolute Gasteiger partial charge is 0.508 e. The van der Waals surface area contributed by atoms with Crippen LogP contribution in [0.5, 0.6) is 5.75 Å². The predicted molar refractivity (Wildman–Crippen MR) is 105 cm³/mol. The summed E-state index contributed by atoms with van der Waals surface area (Å²) in [7, 11) is 0. The fraction of sp³-hybridized carbons (Fsp3) is 0.435. The average Bonchev–Trinajstić information content (AvgIpc) is 3.13. The molecule has 0 aromatic heterocycles. The molecule has 4 nitrogen and oxygen atoms in total. The van der Waals surface area contributed by atoms with E-state index >= 15 is 0 Å². The number of nitrogens with zero attached hydrogens (tertiary/aromatic N) is 2. The van der Waals surface area contributed by atoms with Crippen LogP contribution >= 0.6 is 0 Å². The van der Waals surface area contributed by atoms with Crippen molar-refractivity contribution in [2.45, 2.75) is 37.8 Å². The second-order valence-electron chi connectivity index (χ2n) is 8.48. The van der Waals surface area contributed by atoms with Crippen LogP contribution in [0.1, 0.15) is 40.2 Å². The van der Waals surface area contributed by atoms with E-state index < -0.39 is 0 Å². The minimum Gasteiger partial charge on any atom is -0.508 e. The number of likely N-dealkylation sites (tertiary alicyclic amines) is 1. The molecule has 0 radical (unpaired) electrons. The molecule has 4 saturated heterocycles. The quantitative estimate of drug-likeness (QED) is 0.867. The standard InChI is InChI=1S/C23H25FN2O2/c1-14-5-6-17(12-20(14)24)23(28)26-13-19(16-3-2-4-18(27)11-16)22-21(26)15-7-9-25(22)10-8-15/h2-6,11-12,15,19,21-22,27H,7-10,13H2,1H3/t19-,21+,22+/m0/s1. The van der Waals surface area contributed by atoms with Gasteiger partial charge in [-0.2, -0.15) is 0 Å². The zero-order valence-electron chi connectivity index (χ0n) is 16.0. The number of phenols is 1. The number of phenolic OH excluding ortho intramolecular Hbond substituents is 1. The molecule has 0 unspecified atom stereocenters. The zero-order chi connectivity index (χ0) is 19.4. The number of hydrogen-bond donors (Lipinski definition) is 1. The molecule has 0 spiro atoms. The lowest BCUT2D eigenvalue weighted by Gasteiger charge is -2.51. The maximum atomic E-state index is 14.1. The first-order valence-electron chi connectivity index (χ1n) is 10.1. The summed E-state index contributed by atoms with van der Waals surface area (Å²) in [6, 6.07) is 12.6. The summed E-state index contributed by atoms with van der Waals surface area (Å²) in [5.74, 6) is 0.511. The summed E-state index contributed by atoms with van der Waals surface area (Å²) < 4.78 is 14.1. The fourth-order valence-electron chi connectivity index (χ4n) is 5.59. The molecule has 4 heterocycles. The van der Waals surface area contributed by atoms with E-state index in [0.29, 0.717) is 23.6 Å². The molecule has 2 aromatic carbocycles. The third kappa shape index (κ3) is 2.72. The maximum absolute atomic E-state index is 14.1. The Balaban J connectivity index is 1.53. The molecule has 0 aliphatic carbocycles. The molecule has 28 heavy (non-hydrogen) atoms. The lowest BCUT2D eigenvalue weighted by atomic mass is 9.75. The van der Waals surface area contributed by atoms with Crippen LogP contribution in [-0.4, -0.2) is 52.5 Å². The van der Waals surface area contributed by atoms with Crippen molar-refractivity contribution in [2.75, 3.05) is 19.6 Å². The van der Waals surface area contributed by atoms with E-state index in [2.05, 4.69) is 4.90 Å². The van der Waals surface area contributed by atoms with Gasteiger partial charge in [-0.25, -0.2) is 4.39 Å². The Morgan fingerprint density at radius 3 is 2.61 bits per heavy atom. The van der Waals surface area contributed by atoms with Crippen LogP contribution in [0.25, 0.3) is 0 Å². The van der Waals surface area contributed by atoms with E-state index in [1.54, 1.807) is 25.1 Å². The van der Waals surface area contributed by atoms with Crippen LogP contribution in [0, 0.1) is 18.7 Å². The highest BCUT2D eigenvalue weighted by atomic mass is 19.1. The van der Waals surface area contributed by atoms with Crippen LogP contribution in [0.3, 0.4) is 0 Å². The number of amides is 1. The number of rotatable bonds is 2. The topological polar surface area (TPSA) is 43.8 Å². The molecular formula is C23H25FN2O2. The number of aromatic hydroxyl groups is 1. The normalized spacial score (nSPS) is 31.1. The molecule has 1 amide bonds. The molecule has 4 fully saturated rings. The molecular weight excluding hydrogens is 355 g/mol. The number of hydrogen-bond acceptors (Lipinski definition) is 3. The Bertz CT molecular complexity index is 923. The zero-order valence-corrected chi connectivity index (χ0v) is 16.0. The van der Waals surface area contributed by atoms with Gasteiger partial charge in [0.15, 0.2) is 0 Å². The second-order valence-corrected chi connectivity index (χ2v) is 8.48. The monoisotopic (exact) mass is 380 g/mol. The third-order valence-corrected chi connectivity index (χ3v) is 6.97. The maximum Gasteiger partial charge on any atom is 0.254 e. The molecule has 3 atom stereocenters. The van der Waals surface area contributed by atoms with Gasteiger partial charge >= 0.3 is 0 Å². The Morgan fingerprint density at radius 1 is 1.11 bits per heavy atom. The smallest absolute Gasteiger partial charge is 0.254 e. The third-order valence-electron chi connectivity index (χ3n) is 6.97. The molecule has 4 aliphatic rings. The van der Waals surface area contributed by atoms with E-state index in [1.807, 2.05) is 23.1 Å². The summed E-state index contributed by atoms with van der Waals surface area (Å²) in [6.07, 6.45) is 2.22. The van der Waals surface area contributed by atoms with Crippen molar-refractivity contribution < 1.29 is 14.3 Å². The van der Waals surface area contributed by atoms with E-state index in [-0.39, 0.29) is 35.5 Å². The minimum atomic E-state index is -0.333. The molecule has 1 N–H and O–H groups in total. The Hall–Kier alpha value is -2.40. The van der Waals surface area contributed by atoms with Crippen molar-refractivity contribution >= 4 is 5.91 Å². The van der Waals surface area contributed by atoms with Gasteiger partial charge in [-0.3, -0.25) is 9.69 Å². The lowest BCUT2D eigenvalue weighted by Crippen LogP contribution is -2.60. The van der Waals surface area contributed by atoms with Gasteiger partial charge in [0.25, 0.3) is 5.91 Å². The van der Waals surface area contributed by atoms with Crippen LogP contribution in [-0.2, 0) is 0 Å². The molecule has 6 rings (SSSR count). The summed E-state index contributed by atoms with van der Waals surface area (Å²) in [6.45, 7) is 4.46. The van der Waals surface area contributed by atoms with Crippen molar-refractivity contribution in [1.82, 2.24) is 9.80 Å². The number of aryl methyl sites for hydroxylation is 1.